The van der Waals surface area contributed by atoms with Crippen LogP contribution in [-0.4, -0.2) is 29.3 Å². The number of amides is 1. The zero-order valence-corrected chi connectivity index (χ0v) is 11.0. The zero-order chi connectivity index (χ0) is 13.1. The summed E-state index contributed by atoms with van der Waals surface area (Å²) in [7, 11) is 0. The maximum atomic E-state index is 11.7. The van der Waals surface area contributed by atoms with Gasteiger partial charge in [0, 0.05) is 23.5 Å². The molecule has 1 N–H and O–H groups in total. The van der Waals surface area contributed by atoms with E-state index >= 15 is 0 Å². The first-order valence-electron chi connectivity index (χ1n) is 5.89. The van der Waals surface area contributed by atoms with Crippen molar-refractivity contribution in [3.8, 4) is 0 Å². The minimum Gasteiger partial charge on any atom is -0.481 e. The van der Waals surface area contributed by atoms with Crippen LogP contribution in [-0.2, 0) is 16.0 Å². The fourth-order valence-corrected chi connectivity index (χ4v) is 2.80. The molecule has 0 saturated carbocycles. The van der Waals surface area contributed by atoms with Gasteiger partial charge in [0.1, 0.15) is 0 Å². The fourth-order valence-electron chi connectivity index (χ4n) is 2.12. The van der Waals surface area contributed by atoms with Gasteiger partial charge in [-0.05, 0) is 37.1 Å². The number of carboxylic acids is 1. The highest BCUT2D eigenvalue weighted by Gasteiger charge is 2.22. The van der Waals surface area contributed by atoms with Gasteiger partial charge in [0.2, 0.25) is 5.91 Å². The molecule has 2 rings (SSSR count). The van der Waals surface area contributed by atoms with Crippen LogP contribution >= 0.6 is 11.8 Å². The number of carbonyl (C=O) groups excluding carboxylic acids is 1. The van der Waals surface area contributed by atoms with E-state index in [0.29, 0.717) is 13.0 Å². The summed E-state index contributed by atoms with van der Waals surface area (Å²) in [5.74, 6) is -0.589. The Balaban J connectivity index is 2.22. The van der Waals surface area contributed by atoms with Gasteiger partial charge in [-0.3, -0.25) is 9.59 Å². The molecule has 0 unspecified atom stereocenters. The Hall–Kier alpha value is -1.49. The second kappa shape index (κ2) is 5.44. The van der Waals surface area contributed by atoms with Crippen LogP contribution in [0.2, 0.25) is 0 Å². The molecule has 4 nitrogen and oxygen atoms in total. The third kappa shape index (κ3) is 2.67. The number of hydrogen-bond donors (Lipinski definition) is 1. The van der Waals surface area contributed by atoms with E-state index in [1.807, 2.05) is 25.1 Å². The molecule has 0 radical (unpaired) electrons. The van der Waals surface area contributed by atoms with Gasteiger partial charge < -0.3 is 10.0 Å². The predicted molar refractivity (Wildman–Crippen MR) is 71.1 cm³/mol. The van der Waals surface area contributed by atoms with Crippen LogP contribution < -0.4 is 4.90 Å². The number of benzene rings is 1. The van der Waals surface area contributed by atoms with Crippen molar-refractivity contribution in [2.45, 2.75) is 24.7 Å². The molecule has 5 heteroatoms. The molecule has 0 aliphatic carbocycles. The van der Waals surface area contributed by atoms with Crippen LogP contribution in [0.3, 0.4) is 0 Å². The molecular weight excluding hydrogens is 250 g/mol. The van der Waals surface area contributed by atoms with Crippen molar-refractivity contribution in [2.24, 2.45) is 0 Å². The lowest BCUT2D eigenvalue weighted by molar-refractivity contribution is -0.133. The third-order valence-corrected chi connectivity index (χ3v) is 3.91. The van der Waals surface area contributed by atoms with Crippen molar-refractivity contribution >= 4 is 29.3 Å². The van der Waals surface area contributed by atoms with Crippen LogP contribution in [0, 0.1) is 0 Å². The van der Waals surface area contributed by atoms with Crippen molar-refractivity contribution in [3.63, 3.8) is 0 Å². The first-order valence-corrected chi connectivity index (χ1v) is 6.88. The van der Waals surface area contributed by atoms with E-state index in [9.17, 15) is 9.59 Å². The van der Waals surface area contributed by atoms with Gasteiger partial charge in [-0.15, -0.1) is 11.8 Å². The lowest BCUT2D eigenvalue weighted by Gasteiger charge is -2.28. The van der Waals surface area contributed by atoms with Crippen LogP contribution in [0.15, 0.2) is 23.1 Å². The second-order valence-electron chi connectivity index (χ2n) is 4.11. The van der Waals surface area contributed by atoms with Crippen molar-refractivity contribution in [2.75, 3.05) is 17.2 Å². The van der Waals surface area contributed by atoms with Crippen molar-refractivity contribution in [1.29, 1.82) is 0 Å². The lowest BCUT2D eigenvalue weighted by atomic mass is 10.0. The fraction of sp³-hybridized carbons (Fsp3) is 0.385. The summed E-state index contributed by atoms with van der Waals surface area (Å²) in [6, 6.07) is 5.80. The molecule has 0 aromatic heterocycles. The average Bonchev–Trinajstić information content (AvgIpc) is 2.36. The minimum atomic E-state index is -0.817. The number of nitrogens with zero attached hydrogens (tertiary/aromatic N) is 1. The highest BCUT2D eigenvalue weighted by atomic mass is 32.2. The van der Waals surface area contributed by atoms with Crippen LogP contribution in [0.25, 0.3) is 0 Å². The largest absolute Gasteiger partial charge is 0.481 e. The minimum absolute atomic E-state index is 0.0647. The van der Waals surface area contributed by atoms with E-state index < -0.39 is 5.97 Å². The summed E-state index contributed by atoms with van der Waals surface area (Å²) in [5.41, 5.74) is 2.10. The number of rotatable bonds is 4. The standard InChI is InChI=1S/C13H15NO3S/c1-2-14-11-5-4-10(18-8-13(16)17)7-9(11)3-6-12(14)15/h4-5,7H,2-3,6,8H2,1H3,(H,16,17). The zero-order valence-electron chi connectivity index (χ0n) is 10.2. The Kier molecular flexibility index (Phi) is 3.91. The monoisotopic (exact) mass is 265 g/mol. The summed E-state index contributed by atoms with van der Waals surface area (Å²) in [5, 5.41) is 8.65. The quantitative estimate of drug-likeness (QED) is 0.848. The van der Waals surface area contributed by atoms with Gasteiger partial charge in [-0.1, -0.05) is 0 Å². The highest BCUT2D eigenvalue weighted by molar-refractivity contribution is 8.00. The predicted octanol–water partition coefficient (Wildman–Crippen LogP) is 2.16. The molecule has 0 saturated heterocycles. The molecule has 1 aliphatic rings. The summed E-state index contributed by atoms with van der Waals surface area (Å²) in [4.78, 5) is 25.0. The summed E-state index contributed by atoms with van der Waals surface area (Å²) >= 11 is 1.31. The lowest BCUT2D eigenvalue weighted by Crippen LogP contribution is -2.34. The third-order valence-electron chi connectivity index (χ3n) is 2.93. The summed E-state index contributed by atoms with van der Waals surface area (Å²) < 4.78 is 0. The molecule has 1 aromatic carbocycles. The van der Waals surface area contributed by atoms with Gasteiger partial charge in [0.25, 0.3) is 0 Å². The van der Waals surface area contributed by atoms with Crippen LogP contribution in [0.4, 0.5) is 5.69 Å². The maximum Gasteiger partial charge on any atom is 0.313 e. The Morgan fingerprint density at radius 2 is 2.22 bits per heavy atom. The van der Waals surface area contributed by atoms with Gasteiger partial charge in [0.15, 0.2) is 0 Å². The molecule has 1 aliphatic heterocycles. The molecular formula is C13H15NO3S. The van der Waals surface area contributed by atoms with Crippen LogP contribution in [0.1, 0.15) is 18.9 Å². The number of thioether (sulfide) groups is 1. The van der Waals surface area contributed by atoms with Gasteiger partial charge >= 0.3 is 5.97 Å². The number of hydrogen-bond acceptors (Lipinski definition) is 3. The molecule has 1 aromatic rings. The normalized spacial score (nSPS) is 14.5. The molecule has 0 spiro atoms. The summed E-state index contributed by atoms with van der Waals surface area (Å²) in [6.07, 6.45) is 1.28. The molecule has 96 valence electrons. The summed E-state index contributed by atoms with van der Waals surface area (Å²) in [6.45, 7) is 2.63. The molecule has 1 amide bonds. The number of carboxylic acid groups (broad SMARTS) is 1. The van der Waals surface area contributed by atoms with E-state index in [1.54, 1.807) is 4.90 Å². The number of anilines is 1. The second-order valence-corrected chi connectivity index (χ2v) is 5.16. The topological polar surface area (TPSA) is 57.6 Å². The Labute approximate surface area is 110 Å². The number of fused-ring (bicyclic) bond motifs is 1. The van der Waals surface area contributed by atoms with Crippen molar-refractivity contribution in [3.05, 3.63) is 23.8 Å². The molecule has 0 fully saturated rings. The van der Waals surface area contributed by atoms with Crippen molar-refractivity contribution in [1.82, 2.24) is 0 Å². The molecule has 1 heterocycles. The molecule has 18 heavy (non-hydrogen) atoms. The van der Waals surface area contributed by atoms with E-state index in [1.165, 1.54) is 11.8 Å². The van der Waals surface area contributed by atoms with Gasteiger partial charge in [0.05, 0.1) is 5.75 Å². The van der Waals surface area contributed by atoms with E-state index in [4.69, 9.17) is 5.11 Å². The maximum absolute atomic E-state index is 11.7. The van der Waals surface area contributed by atoms with Crippen molar-refractivity contribution < 1.29 is 14.7 Å². The molecule has 0 bridgehead atoms. The first-order chi connectivity index (χ1) is 8.61. The first kappa shape index (κ1) is 13.0. The number of aliphatic carboxylic acids is 1. The van der Waals surface area contributed by atoms with E-state index in [0.717, 1.165) is 22.6 Å². The Morgan fingerprint density at radius 1 is 1.44 bits per heavy atom. The average molecular weight is 265 g/mol. The smallest absolute Gasteiger partial charge is 0.313 e. The number of aryl methyl sites for hydroxylation is 1. The van der Waals surface area contributed by atoms with Gasteiger partial charge in [-0.2, -0.15) is 0 Å². The Morgan fingerprint density at radius 3 is 2.89 bits per heavy atom. The number of carbonyl (C=O) groups is 2. The SMILES string of the molecule is CCN1C(=O)CCc2cc(SCC(=O)O)ccc21. The van der Waals surface area contributed by atoms with Gasteiger partial charge in [-0.25, -0.2) is 0 Å². The van der Waals surface area contributed by atoms with E-state index in [2.05, 4.69) is 0 Å². The van der Waals surface area contributed by atoms with Crippen LogP contribution in [0.5, 0.6) is 0 Å². The molecule has 0 atom stereocenters. The Bertz CT molecular complexity index is 487. The van der Waals surface area contributed by atoms with E-state index in [-0.39, 0.29) is 11.7 Å². The highest BCUT2D eigenvalue weighted by Crippen LogP contribution is 2.31.